The Morgan fingerprint density at radius 3 is 2.60 bits per heavy atom. The Kier molecular flexibility index (Phi) is 6.72. The maximum atomic E-state index is 13.0. The van der Waals surface area contributed by atoms with Gasteiger partial charge >= 0.3 is 5.69 Å². The lowest BCUT2D eigenvalue weighted by Crippen LogP contribution is -2.31. The van der Waals surface area contributed by atoms with Gasteiger partial charge in [0, 0.05) is 24.5 Å². The summed E-state index contributed by atoms with van der Waals surface area (Å²) in [7, 11) is 1.53. The van der Waals surface area contributed by atoms with Crippen molar-refractivity contribution >= 4 is 34.2 Å². The number of fused-ring (bicyclic) bond motifs is 1. The number of anilines is 2. The number of H-pyrrole nitrogens is 1. The third kappa shape index (κ3) is 4.96. The number of para-hydroxylation sites is 1. The van der Waals surface area contributed by atoms with Crippen molar-refractivity contribution in [1.29, 1.82) is 0 Å². The summed E-state index contributed by atoms with van der Waals surface area (Å²) in [5, 5.41) is 5.61. The van der Waals surface area contributed by atoms with Crippen LogP contribution in [-0.4, -0.2) is 33.5 Å². The van der Waals surface area contributed by atoms with Gasteiger partial charge in [-0.2, -0.15) is 0 Å². The normalized spacial score (nSPS) is 10.7. The number of aromatic nitrogens is 3. The zero-order valence-corrected chi connectivity index (χ0v) is 19.1. The van der Waals surface area contributed by atoms with Crippen LogP contribution in [0.3, 0.4) is 0 Å². The van der Waals surface area contributed by atoms with Gasteiger partial charge in [-0.05, 0) is 36.8 Å². The molecular weight excluding hydrogens is 450 g/mol. The summed E-state index contributed by atoms with van der Waals surface area (Å²) < 4.78 is 6.53. The SMILES string of the molecule is CCCn1c(=O)[nH]c(=O)c2cc(C(=O)Nc3ccccc3C(=O)Nc3cccc(OC)c3)cnc21. The van der Waals surface area contributed by atoms with Crippen LogP contribution in [0.25, 0.3) is 11.0 Å². The molecule has 10 heteroatoms. The first kappa shape index (κ1) is 23.4. The van der Waals surface area contributed by atoms with Crippen LogP contribution in [0.2, 0.25) is 0 Å². The molecule has 0 aliphatic rings. The Labute approximate surface area is 199 Å². The van der Waals surface area contributed by atoms with E-state index in [0.29, 0.717) is 24.4 Å². The van der Waals surface area contributed by atoms with Gasteiger partial charge in [-0.15, -0.1) is 0 Å². The van der Waals surface area contributed by atoms with E-state index in [4.69, 9.17) is 4.74 Å². The predicted octanol–water partition coefficient (Wildman–Crippen LogP) is 3.01. The quantitative estimate of drug-likeness (QED) is 0.378. The minimum absolute atomic E-state index is 0.104. The van der Waals surface area contributed by atoms with Crippen LogP contribution in [0, 0.1) is 0 Å². The van der Waals surface area contributed by atoms with Gasteiger partial charge in [-0.1, -0.05) is 25.1 Å². The molecule has 4 aromatic rings. The maximum absolute atomic E-state index is 13.0. The standard InChI is InChI=1S/C25H23N5O5/c1-3-11-30-21-19(24(33)29-25(30)34)12-15(14-26-21)22(31)28-20-10-5-4-9-18(20)23(32)27-16-7-6-8-17(13-16)35-2/h4-10,12-14H,3,11H2,1-2H3,(H,27,32)(H,28,31)(H,29,33,34). The van der Waals surface area contributed by atoms with Crippen LogP contribution in [0.1, 0.15) is 34.1 Å². The fourth-order valence-electron chi connectivity index (χ4n) is 3.61. The molecule has 0 bridgehead atoms. The van der Waals surface area contributed by atoms with E-state index in [1.54, 1.807) is 48.5 Å². The van der Waals surface area contributed by atoms with E-state index in [1.165, 1.54) is 23.9 Å². The molecule has 0 atom stereocenters. The van der Waals surface area contributed by atoms with Gasteiger partial charge in [-0.25, -0.2) is 9.78 Å². The first-order valence-electron chi connectivity index (χ1n) is 10.9. The van der Waals surface area contributed by atoms with E-state index >= 15 is 0 Å². The largest absolute Gasteiger partial charge is 0.497 e. The average molecular weight is 473 g/mol. The van der Waals surface area contributed by atoms with Gasteiger partial charge in [0.05, 0.1) is 29.3 Å². The van der Waals surface area contributed by atoms with E-state index in [2.05, 4.69) is 20.6 Å². The third-order valence-corrected chi connectivity index (χ3v) is 5.29. The van der Waals surface area contributed by atoms with E-state index in [0.717, 1.165) is 0 Å². The first-order valence-corrected chi connectivity index (χ1v) is 10.9. The number of hydrogen-bond acceptors (Lipinski definition) is 6. The van der Waals surface area contributed by atoms with Crippen molar-refractivity contribution in [3.63, 3.8) is 0 Å². The van der Waals surface area contributed by atoms with E-state index in [9.17, 15) is 19.2 Å². The highest BCUT2D eigenvalue weighted by Gasteiger charge is 2.17. The molecule has 0 radical (unpaired) electrons. The molecule has 178 valence electrons. The Morgan fingerprint density at radius 1 is 1.03 bits per heavy atom. The molecule has 0 saturated carbocycles. The van der Waals surface area contributed by atoms with Gasteiger partial charge in [0.1, 0.15) is 11.4 Å². The summed E-state index contributed by atoms with van der Waals surface area (Å²) in [5.74, 6) is -0.396. The molecule has 2 aromatic carbocycles. The smallest absolute Gasteiger partial charge is 0.329 e. The van der Waals surface area contributed by atoms with Crippen LogP contribution in [0.15, 0.2) is 70.4 Å². The number of benzene rings is 2. The molecule has 0 aliphatic heterocycles. The fourth-order valence-corrected chi connectivity index (χ4v) is 3.61. The molecule has 4 rings (SSSR count). The molecule has 35 heavy (non-hydrogen) atoms. The van der Waals surface area contributed by atoms with Crippen LogP contribution in [0.5, 0.6) is 5.75 Å². The summed E-state index contributed by atoms with van der Waals surface area (Å²) in [4.78, 5) is 56.8. The van der Waals surface area contributed by atoms with Crippen molar-refractivity contribution in [2.75, 3.05) is 17.7 Å². The Bertz CT molecular complexity index is 1540. The highest BCUT2D eigenvalue weighted by Crippen LogP contribution is 2.21. The monoisotopic (exact) mass is 473 g/mol. The number of methoxy groups -OCH3 is 1. The topological polar surface area (TPSA) is 135 Å². The second-order valence-electron chi connectivity index (χ2n) is 7.69. The molecule has 0 unspecified atom stereocenters. The number of nitrogens with zero attached hydrogens (tertiary/aromatic N) is 2. The molecule has 2 heterocycles. The lowest BCUT2D eigenvalue weighted by molar-refractivity contribution is 0.102. The van der Waals surface area contributed by atoms with Crippen LogP contribution in [-0.2, 0) is 6.54 Å². The molecular formula is C25H23N5O5. The third-order valence-electron chi connectivity index (χ3n) is 5.29. The first-order chi connectivity index (χ1) is 16.9. The molecule has 10 nitrogen and oxygen atoms in total. The van der Waals surface area contributed by atoms with Gasteiger partial charge in [0.2, 0.25) is 0 Å². The lowest BCUT2D eigenvalue weighted by atomic mass is 10.1. The molecule has 0 spiro atoms. The number of amides is 2. The molecule has 0 aliphatic carbocycles. The summed E-state index contributed by atoms with van der Waals surface area (Å²) in [6.45, 7) is 2.27. The maximum Gasteiger partial charge on any atom is 0.329 e. The van der Waals surface area contributed by atoms with Gasteiger partial charge in [-0.3, -0.25) is 23.9 Å². The lowest BCUT2D eigenvalue weighted by Gasteiger charge is -2.12. The van der Waals surface area contributed by atoms with E-state index in [-0.39, 0.29) is 27.8 Å². The van der Waals surface area contributed by atoms with Crippen molar-refractivity contribution in [3.05, 3.63) is 92.8 Å². The second kappa shape index (κ2) is 10.0. The number of nitrogens with one attached hydrogen (secondary N) is 3. The Balaban J connectivity index is 1.61. The van der Waals surface area contributed by atoms with Crippen molar-refractivity contribution in [1.82, 2.24) is 14.5 Å². The number of rotatable bonds is 7. The van der Waals surface area contributed by atoms with Gasteiger partial charge in [0.25, 0.3) is 17.4 Å². The summed E-state index contributed by atoms with van der Waals surface area (Å²) in [5.41, 5.74) is 0.187. The number of aryl methyl sites for hydroxylation is 1. The van der Waals surface area contributed by atoms with Gasteiger partial charge < -0.3 is 15.4 Å². The minimum atomic E-state index is -0.627. The Morgan fingerprint density at radius 2 is 1.83 bits per heavy atom. The molecule has 0 fully saturated rings. The second-order valence-corrected chi connectivity index (χ2v) is 7.69. The summed E-state index contributed by atoms with van der Waals surface area (Å²) in [6, 6.07) is 14.8. The predicted molar refractivity (Wildman–Crippen MR) is 132 cm³/mol. The minimum Gasteiger partial charge on any atom is -0.497 e. The summed E-state index contributed by atoms with van der Waals surface area (Å²) >= 11 is 0. The van der Waals surface area contributed by atoms with Crippen molar-refractivity contribution in [3.8, 4) is 5.75 Å². The number of hydrogen-bond donors (Lipinski definition) is 3. The zero-order chi connectivity index (χ0) is 24.9. The number of ether oxygens (including phenoxy) is 1. The highest BCUT2D eigenvalue weighted by molar-refractivity contribution is 6.12. The van der Waals surface area contributed by atoms with Crippen molar-refractivity contribution in [2.24, 2.45) is 0 Å². The van der Waals surface area contributed by atoms with Crippen LogP contribution >= 0.6 is 0 Å². The number of aromatic amines is 1. The van der Waals surface area contributed by atoms with Crippen LogP contribution < -0.4 is 26.6 Å². The van der Waals surface area contributed by atoms with Crippen LogP contribution in [0.4, 0.5) is 11.4 Å². The molecule has 2 amide bonds. The number of carbonyl (C=O) groups is 2. The fraction of sp³-hybridized carbons (Fsp3) is 0.160. The van der Waals surface area contributed by atoms with Crippen molar-refractivity contribution < 1.29 is 14.3 Å². The molecule has 0 saturated heterocycles. The number of carbonyl (C=O) groups excluding carboxylic acids is 2. The summed E-state index contributed by atoms with van der Waals surface area (Å²) in [6.07, 6.45) is 1.96. The average Bonchev–Trinajstić information content (AvgIpc) is 2.86. The van der Waals surface area contributed by atoms with E-state index in [1.807, 2.05) is 6.92 Å². The molecule has 2 aromatic heterocycles. The van der Waals surface area contributed by atoms with E-state index < -0.39 is 23.1 Å². The van der Waals surface area contributed by atoms with Gasteiger partial charge in [0.15, 0.2) is 0 Å². The molecule has 3 N–H and O–H groups in total. The Hall–Kier alpha value is -4.73. The van der Waals surface area contributed by atoms with Crippen molar-refractivity contribution in [2.45, 2.75) is 19.9 Å². The number of pyridine rings is 1. The highest BCUT2D eigenvalue weighted by atomic mass is 16.5. The zero-order valence-electron chi connectivity index (χ0n) is 19.1.